The molecule has 0 saturated carbocycles. The first-order chi connectivity index (χ1) is 7.61. The number of amides is 2. The van der Waals surface area contributed by atoms with Crippen LogP contribution in [0.25, 0.3) is 0 Å². The van der Waals surface area contributed by atoms with Crippen LogP contribution in [0.5, 0.6) is 0 Å². The van der Waals surface area contributed by atoms with Gasteiger partial charge in [-0.1, -0.05) is 0 Å². The van der Waals surface area contributed by atoms with Crippen LogP contribution < -0.4 is 11.1 Å². The minimum atomic E-state index is -0.677. The van der Waals surface area contributed by atoms with Crippen LogP contribution in [0.4, 0.5) is 0 Å². The molecule has 1 fully saturated rings. The molecule has 1 radical (unpaired) electrons. The van der Waals surface area contributed by atoms with E-state index in [1.807, 2.05) is 0 Å². The van der Waals surface area contributed by atoms with Crippen LogP contribution in [0.3, 0.4) is 0 Å². The third kappa shape index (κ3) is 4.16. The molecule has 1 aliphatic rings. The van der Waals surface area contributed by atoms with Crippen molar-refractivity contribution in [2.24, 2.45) is 5.73 Å². The van der Waals surface area contributed by atoms with Gasteiger partial charge in [0.15, 0.2) is 0 Å². The second-order valence-electron chi connectivity index (χ2n) is 3.70. The highest BCUT2D eigenvalue weighted by Gasteiger charge is 2.19. The Balaban J connectivity index is 2.14. The van der Waals surface area contributed by atoms with Crippen molar-refractivity contribution in [1.29, 1.82) is 0 Å². The lowest BCUT2D eigenvalue weighted by Crippen LogP contribution is -2.43. The number of nitrogens with zero attached hydrogens (tertiary/aromatic N) is 1. The van der Waals surface area contributed by atoms with E-state index in [0.29, 0.717) is 6.54 Å². The van der Waals surface area contributed by atoms with Gasteiger partial charge in [-0.3, -0.25) is 14.5 Å². The highest BCUT2D eigenvalue weighted by Crippen LogP contribution is 1.97. The lowest BCUT2D eigenvalue weighted by Gasteiger charge is -2.26. The number of carbonyl (C=O) groups excluding carboxylic acids is 2. The van der Waals surface area contributed by atoms with Crippen LogP contribution in [0.15, 0.2) is 0 Å². The molecule has 3 N–H and O–H groups in total. The summed E-state index contributed by atoms with van der Waals surface area (Å²) in [6.45, 7) is 5.94. The third-order valence-electron chi connectivity index (χ3n) is 2.53. The maximum absolute atomic E-state index is 11.3. The number of rotatable bonds is 5. The van der Waals surface area contributed by atoms with Gasteiger partial charge in [0.2, 0.25) is 11.8 Å². The molecule has 0 bridgehead atoms. The van der Waals surface area contributed by atoms with E-state index in [0.717, 1.165) is 32.8 Å². The van der Waals surface area contributed by atoms with Gasteiger partial charge in [0, 0.05) is 26.2 Å². The first kappa shape index (κ1) is 12.9. The Kier molecular flexibility index (Phi) is 5.21. The summed E-state index contributed by atoms with van der Waals surface area (Å²) < 4.78 is 5.20. The first-order valence-corrected chi connectivity index (χ1v) is 5.33. The lowest BCUT2D eigenvalue weighted by molar-refractivity contribution is -0.125. The fourth-order valence-corrected chi connectivity index (χ4v) is 1.40. The molecular formula is C10H18N3O3. The van der Waals surface area contributed by atoms with Gasteiger partial charge in [0.1, 0.15) is 5.92 Å². The SMILES string of the molecule is C[C](C(N)=O)C(=O)NCCN1CCOCC1. The first-order valence-electron chi connectivity index (χ1n) is 5.33. The van der Waals surface area contributed by atoms with Crippen molar-refractivity contribution in [1.82, 2.24) is 10.2 Å². The Morgan fingerprint density at radius 1 is 1.38 bits per heavy atom. The molecule has 0 aliphatic carbocycles. The van der Waals surface area contributed by atoms with E-state index in [2.05, 4.69) is 10.2 Å². The monoisotopic (exact) mass is 228 g/mol. The Hall–Kier alpha value is -1.14. The second kappa shape index (κ2) is 6.44. The van der Waals surface area contributed by atoms with E-state index in [1.54, 1.807) is 0 Å². The summed E-state index contributed by atoms with van der Waals surface area (Å²) in [6.07, 6.45) is 0. The van der Waals surface area contributed by atoms with Gasteiger partial charge in [-0.2, -0.15) is 0 Å². The summed E-state index contributed by atoms with van der Waals surface area (Å²) in [5.41, 5.74) is 4.99. The van der Waals surface area contributed by atoms with E-state index in [4.69, 9.17) is 10.5 Å². The zero-order valence-electron chi connectivity index (χ0n) is 9.49. The minimum absolute atomic E-state index is 0.0435. The quantitative estimate of drug-likeness (QED) is 0.562. The average Bonchev–Trinajstić information content (AvgIpc) is 2.29. The van der Waals surface area contributed by atoms with E-state index < -0.39 is 5.91 Å². The Labute approximate surface area is 95.1 Å². The van der Waals surface area contributed by atoms with Gasteiger partial charge in [0.25, 0.3) is 0 Å². The Bertz CT molecular complexity index is 252. The zero-order chi connectivity index (χ0) is 12.0. The topological polar surface area (TPSA) is 84.7 Å². The lowest BCUT2D eigenvalue weighted by atomic mass is 10.1. The van der Waals surface area contributed by atoms with Crippen LogP contribution in [0.2, 0.25) is 0 Å². The zero-order valence-corrected chi connectivity index (χ0v) is 9.49. The fourth-order valence-electron chi connectivity index (χ4n) is 1.40. The van der Waals surface area contributed by atoms with E-state index >= 15 is 0 Å². The molecule has 2 amide bonds. The minimum Gasteiger partial charge on any atom is -0.379 e. The van der Waals surface area contributed by atoms with Crippen LogP contribution in [0, 0.1) is 5.92 Å². The van der Waals surface area contributed by atoms with Gasteiger partial charge >= 0.3 is 0 Å². The maximum atomic E-state index is 11.3. The van der Waals surface area contributed by atoms with Crippen molar-refractivity contribution < 1.29 is 14.3 Å². The normalized spacial score (nSPS) is 17.4. The van der Waals surface area contributed by atoms with E-state index in [-0.39, 0.29) is 11.8 Å². The molecule has 0 unspecified atom stereocenters. The van der Waals surface area contributed by atoms with Gasteiger partial charge < -0.3 is 15.8 Å². The standard InChI is InChI=1S/C10H18N3O3/c1-8(9(11)14)10(15)12-2-3-13-4-6-16-7-5-13/h2-7H2,1H3,(H2,11,14)(H,12,15). The summed E-state index contributed by atoms with van der Waals surface area (Å²) in [7, 11) is 0. The summed E-state index contributed by atoms with van der Waals surface area (Å²) in [6, 6.07) is 0. The fraction of sp³-hybridized carbons (Fsp3) is 0.700. The molecule has 16 heavy (non-hydrogen) atoms. The van der Waals surface area contributed by atoms with Crippen molar-refractivity contribution in [3.63, 3.8) is 0 Å². The smallest absolute Gasteiger partial charge is 0.237 e. The van der Waals surface area contributed by atoms with Crippen molar-refractivity contribution in [3.8, 4) is 0 Å². The van der Waals surface area contributed by atoms with Crippen LogP contribution >= 0.6 is 0 Å². The molecule has 91 valence electrons. The Morgan fingerprint density at radius 3 is 2.56 bits per heavy atom. The molecule has 6 nitrogen and oxygen atoms in total. The van der Waals surface area contributed by atoms with E-state index in [9.17, 15) is 9.59 Å². The number of primary amides is 1. The molecule has 6 heteroatoms. The maximum Gasteiger partial charge on any atom is 0.237 e. The third-order valence-corrected chi connectivity index (χ3v) is 2.53. The molecule has 0 aromatic heterocycles. The predicted octanol–water partition coefficient (Wildman–Crippen LogP) is -1.49. The predicted molar refractivity (Wildman–Crippen MR) is 58.4 cm³/mol. The summed E-state index contributed by atoms with van der Waals surface area (Å²) in [5.74, 6) is -1.02. The largest absolute Gasteiger partial charge is 0.379 e. The van der Waals surface area contributed by atoms with Crippen LogP contribution in [0.1, 0.15) is 6.92 Å². The number of morpholine rings is 1. The highest BCUT2D eigenvalue weighted by atomic mass is 16.5. The van der Waals surface area contributed by atoms with Crippen molar-refractivity contribution in [2.75, 3.05) is 39.4 Å². The van der Waals surface area contributed by atoms with Crippen molar-refractivity contribution in [2.45, 2.75) is 6.92 Å². The average molecular weight is 228 g/mol. The molecule has 0 aromatic carbocycles. The molecule has 0 aromatic rings. The van der Waals surface area contributed by atoms with Gasteiger partial charge in [-0.15, -0.1) is 0 Å². The Morgan fingerprint density at radius 2 is 2.00 bits per heavy atom. The van der Waals surface area contributed by atoms with Crippen molar-refractivity contribution in [3.05, 3.63) is 5.92 Å². The number of nitrogens with two attached hydrogens (primary N) is 1. The molecule has 0 spiro atoms. The van der Waals surface area contributed by atoms with Crippen LogP contribution in [-0.2, 0) is 14.3 Å². The molecule has 1 heterocycles. The molecule has 0 atom stereocenters. The number of hydrogen-bond donors (Lipinski definition) is 2. The number of hydrogen-bond acceptors (Lipinski definition) is 4. The van der Waals surface area contributed by atoms with Gasteiger partial charge in [-0.25, -0.2) is 0 Å². The summed E-state index contributed by atoms with van der Waals surface area (Å²) in [5, 5.41) is 2.65. The second-order valence-corrected chi connectivity index (χ2v) is 3.70. The summed E-state index contributed by atoms with van der Waals surface area (Å²) in [4.78, 5) is 24.2. The van der Waals surface area contributed by atoms with Crippen LogP contribution in [-0.4, -0.2) is 56.1 Å². The number of nitrogens with one attached hydrogen (secondary N) is 1. The van der Waals surface area contributed by atoms with Gasteiger partial charge in [0.05, 0.1) is 13.2 Å². The number of carbonyl (C=O) groups is 2. The molecule has 1 rings (SSSR count). The van der Waals surface area contributed by atoms with Gasteiger partial charge in [-0.05, 0) is 6.92 Å². The molecule has 1 aliphatic heterocycles. The summed E-state index contributed by atoms with van der Waals surface area (Å²) >= 11 is 0. The molecular weight excluding hydrogens is 210 g/mol. The van der Waals surface area contributed by atoms with Crippen molar-refractivity contribution >= 4 is 11.8 Å². The number of ether oxygens (including phenoxy) is 1. The highest BCUT2D eigenvalue weighted by molar-refractivity contribution is 6.13. The molecule has 1 saturated heterocycles. The van der Waals surface area contributed by atoms with E-state index in [1.165, 1.54) is 6.92 Å².